The summed E-state index contributed by atoms with van der Waals surface area (Å²) in [6, 6.07) is 8.79. The lowest BCUT2D eigenvalue weighted by atomic mass is 10.3. The minimum atomic E-state index is -0.232. The number of benzene rings is 1. The second-order valence-corrected chi connectivity index (χ2v) is 4.81. The summed E-state index contributed by atoms with van der Waals surface area (Å²) in [5.74, 6) is 0.542. The number of rotatable bonds is 4. The molecule has 19 heavy (non-hydrogen) atoms. The number of ether oxygens (including phenoxy) is 1. The van der Waals surface area contributed by atoms with Crippen molar-refractivity contribution in [3.63, 3.8) is 0 Å². The number of hydrogen-bond donors (Lipinski definition) is 2. The van der Waals surface area contributed by atoms with Crippen molar-refractivity contribution in [3.05, 3.63) is 47.2 Å². The van der Waals surface area contributed by atoms with Crippen LogP contribution in [0.3, 0.4) is 0 Å². The highest BCUT2D eigenvalue weighted by Crippen LogP contribution is 2.18. The van der Waals surface area contributed by atoms with Gasteiger partial charge in [0, 0.05) is 11.9 Å². The Balaban J connectivity index is 2.01. The third kappa shape index (κ3) is 3.76. The van der Waals surface area contributed by atoms with Gasteiger partial charge in [-0.1, -0.05) is 11.6 Å². The van der Waals surface area contributed by atoms with Crippen LogP contribution in [-0.2, 0) is 0 Å². The third-order valence-electron chi connectivity index (χ3n) is 2.38. The molecule has 2 rings (SSSR count). The molecule has 1 amide bonds. The Labute approximate surface area is 116 Å². The third-order valence-corrected chi connectivity index (χ3v) is 2.59. The van der Waals surface area contributed by atoms with Gasteiger partial charge in [0.25, 0.3) is 5.91 Å². The summed E-state index contributed by atoms with van der Waals surface area (Å²) < 4.78 is 5.53. The maximum atomic E-state index is 11.9. The predicted octanol–water partition coefficient (Wildman–Crippen LogP) is 3.71. The van der Waals surface area contributed by atoms with Gasteiger partial charge in [-0.15, -0.1) is 0 Å². The van der Waals surface area contributed by atoms with Crippen LogP contribution in [0.25, 0.3) is 0 Å². The molecule has 1 heterocycles. The van der Waals surface area contributed by atoms with Crippen LogP contribution in [0, 0.1) is 0 Å². The monoisotopic (exact) mass is 278 g/mol. The van der Waals surface area contributed by atoms with Crippen LogP contribution in [0.2, 0.25) is 5.02 Å². The van der Waals surface area contributed by atoms with Crippen molar-refractivity contribution in [3.8, 4) is 5.75 Å². The molecule has 100 valence electrons. The number of aromatic amines is 1. The van der Waals surface area contributed by atoms with Gasteiger partial charge >= 0.3 is 0 Å². The molecule has 0 atom stereocenters. The smallest absolute Gasteiger partial charge is 0.272 e. The van der Waals surface area contributed by atoms with Crippen molar-refractivity contribution in [1.82, 2.24) is 4.98 Å². The highest BCUT2D eigenvalue weighted by molar-refractivity contribution is 6.31. The van der Waals surface area contributed by atoms with E-state index in [9.17, 15) is 4.79 Å². The molecule has 0 fully saturated rings. The summed E-state index contributed by atoms with van der Waals surface area (Å²) in [7, 11) is 0. The van der Waals surface area contributed by atoms with Crippen molar-refractivity contribution < 1.29 is 9.53 Å². The van der Waals surface area contributed by atoms with E-state index in [4.69, 9.17) is 16.3 Å². The molecular formula is C14H15ClN2O2. The number of carbonyl (C=O) groups excluding carboxylic acids is 1. The van der Waals surface area contributed by atoms with Crippen LogP contribution in [0.1, 0.15) is 24.3 Å². The lowest BCUT2D eigenvalue weighted by Gasteiger charge is -2.10. The van der Waals surface area contributed by atoms with E-state index >= 15 is 0 Å². The van der Waals surface area contributed by atoms with E-state index in [0.29, 0.717) is 16.4 Å². The van der Waals surface area contributed by atoms with Crippen LogP contribution in [0.5, 0.6) is 5.75 Å². The first-order chi connectivity index (χ1) is 9.04. The van der Waals surface area contributed by atoms with E-state index in [0.717, 1.165) is 5.75 Å². The van der Waals surface area contributed by atoms with Gasteiger partial charge in [-0.3, -0.25) is 4.79 Å². The molecule has 1 aromatic carbocycles. The normalized spacial score (nSPS) is 10.5. The number of amides is 1. The zero-order chi connectivity index (χ0) is 13.8. The second-order valence-electron chi connectivity index (χ2n) is 4.38. The molecule has 0 unspecified atom stereocenters. The minimum Gasteiger partial charge on any atom is -0.491 e. The first-order valence-corrected chi connectivity index (χ1v) is 6.34. The first-order valence-electron chi connectivity index (χ1n) is 5.96. The largest absolute Gasteiger partial charge is 0.491 e. The van der Waals surface area contributed by atoms with Gasteiger partial charge in [0.15, 0.2) is 0 Å². The topological polar surface area (TPSA) is 54.1 Å². The molecule has 0 bridgehead atoms. The fourth-order valence-electron chi connectivity index (χ4n) is 1.59. The number of carbonyl (C=O) groups is 1. The van der Waals surface area contributed by atoms with Crippen molar-refractivity contribution in [2.45, 2.75) is 20.0 Å². The summed E-state index contributed by atoms with van der Waals surface area (Å²) in [6.07, 6.45) is 1.69. The molecule has 0 spiro atoms. The molecule has 0 saturated carbocycles. The Morgan fingerprint density at radius 3 is 2.53 bits per heavy atom. The van der Waals surface area contributed by atoms with Crippen LogP contribution < -0.4 is 10.1 Å². The quantitative estimate of drug-likeness (QED) is 0.896. The van der Waals surface area contributed by atoms with Gasteiger partial charge in [0.1, 0.15) is 11.4 Å². The molecule has 0 radical (unpaired) electrons. The van der Waals surface area contributed by atoms with Gasteiger partial charge in [-0.2, -0.15) is 0 Å². The molecule has 5 heteroatoms. The van der Waals surface area contributed by atoms with Crippen LogP contribution >= 0.6 is 11.6 Å². The van der Waals surface area contributed by atoms with Gasteiger partial charge in [-0.25, -0.2) is 0 Å². The molecule has 0 aliphatic carbocycles. The summed E-state index contributed by atoms with van der Waals surface area (Å²) in [4.78, 5) is 14.7. The molecule has 0 aliphatic heterocycles. The van der Waals surface area contributed by atoms with E-state index < -0.39 is 0 Å². The van der Waals surface area contributed by atoms with Gasteiger partial charge in [0.05, 0.1) is 11.1 Å². The SMILES string of the molecule is CC(C)Oc1ccc(NC(=O)c2cc(Cl)c[nH]2)cc1. The van der Waals surface area contributed by atoms with E-state index in [1.807, 2.05) is 26.0 Å². The number of H-pyrrole nitrogens is 1. The zero-order valence-corrected chi connectivity index (χ0v) is 11.5. The predicted molar refractivity (Wildman–Crippen MR) is 76.0 cm³/mol. The number of halogens is 1. The summed E-state index contributed by atoms with van der Waals surface area (Å²) in [5.41, 5.74) is 1.12. The minimum absolute atomic E-state index is 0.126. The summed E-state index contributed by atoms with van der Waals surface area (Å²) in [6.45, 7) is 3.93. The zero-order valence-electron chi connectivity index (χ0n) is 10.7. The van der Waals surface area contributed by atoms with Crippen molar-refractivity contribution in [1.29, 1.82) is 0 Å². The Bertz CT molecular complexity index is 561. The molecule has 2 N–H and O–H groups in total. The maximum Gasteiger partial charge on any atom is 0.272 e. The van der Waals surface area contributed by atoms with E-state index in [2.05, 4.69) is 10.3 Å². The fraction of sp³-hybridized carbons (Fsp3) is 0.214. The molecule has 2 aromatic rings. The molecule has 0 aliphatic rings. The van der Waals surface area contributed by atoms with Gasteiger partial charge < -0.3 is 15.0 Å². The molecule has 4 nitrogen and oxygen atoms in total. The van der Waals surface area contributed by atoms with Crippen LogP contribution in [-0.4, -0.2) is 17.0 Å². The highest BCUT2D eigenvalue weighted by atomic mass is 35.5. The fourth-order valence-corrected chi connectivity index (χ4v) is 1.75. The average molecular weight is 279 g/mol. The number of anilines is 1. The van der Waals surface area contributed by atoms with Crippen molar-refractivity contribution in [2.24, 2.45) is 0 Å². The lowest BCUT2D eigenvalue weighted by molar-refractivity contribution is 0.102. The van der Waals surface area contributed by atoms with E-state index in [-0.39, 0.29) is 12.0 Å². The standard InChI is InChI=1S/C14H15ClN2O2/c1-9(2)19-12-5-3-11(4-6-12)17-14(18)13-7-10(15)8-16-13/h3-9,16H,1-2H3,(H,17,18). The maximum absolute atomic E-state index is 11.9. The lowest BCUT2D eigenvalue weighted by Crippen LogP contribution is -2.12. The molecule has 0 saturated heterocycles. The molecular weight excluding hydrogens is 264 g/mol. The van der Waals surface area contributed by atoms with E-state index in [1.54, 1.807) is 24.4 Å². The Hall–Kier alpha value is -1.94. The number of nitrogens with one attached hydrogen (secondary N) is 2. The Morgan fingerprint density at radius 2 is 2.00 bits per heavy atom. The van der Waals surface area contributed by atoms with Crippen LogP contribution in [0.4, 0.5) is 5.69 Å². The van der Waals surface area contributed by atoms with Crippen LogP contribution in [0.15, 0.2) is 36.5 Å². The first kappa shape index (κ1) is 13.5. The van der Waals surface area contributed by atoms with Crippen molar-refractivity contribution >= 4 is 23.2 Å². The Morgan fingerprint density at radius 1 is 1.32 bits per heavy atom. The Kier molecular flexibility index (Phi) is 4.12. The summed E-state index contributed by atoms with van der Waals surface area (Å²) >= 11 is 5.75. The number of hydrogen-bond acceptors (Lipinski definition) is 2. The van der Waals surface area contributed by atoms with Crippen molar-refractivity contribution in [2.75, 3.05) is 5.32 Å². The highest BCUT2D eigenvalue weighted by Gasteiger charge is 2.08. The van der Waals surface area contributed by atoms with Gasteiger partial charge in [0.2, 0.25) is 0 Å². The average Bonchev–Trinajstić information content (AvgIpc) is 2.78. The second kappa shape index (κ2) is 5.80. The van der Waals surface area contributed by atoms with E-state index in [1.165, 1.54) is 0 Å². The van der Waals surface area contributed by atoms with Gasteiger partial charge in [-0.05, 0) is 44.2 Å². The number of aromatic nitrogens is 1. The summed E-state index contributed by atoms with van der Waals surface area (Å²) in [5, 5.41) is 3.27. The molecule has 1 aromatic heterocycles.